The third-order valence-electron chi connectivity index (χ3n) is 6.07. The van der Waals surface area contributed by atoms with Gasteiger partial charge in [0.15, 0.2) is 18.2 Å². The molecule has 1 fully saturated rings. The number of nitrogens with zero attached hydrogens (tertiary/aromatic N) is 4. The van der Waals surface area contributed by atoms with Gasteiger partial charge in [-0.05, 0) is 30.2 Å². The SMILES string of the molecule is C[C@@H](C(=O)Nc1cn(Cc2ccc(F)cc2Cl)cn1)N1CCC(F)(F)[C@@H](c2cc[n+]([O-])cc2)C1. The van der Waals surface area contributed by atoms with Crippen molar-refractivity contribution in [3.05, 3.63) is 82.4 Å². The highest BCUT2D eigenvalue weighted by Gasteiger charge is 2.46. The average molecular weight is 494 g/mol. The van der Waals surface area contributed by atoms with Crippen LogP contribution in [0.2, 0.25) is 5.02 Å². The molecule has 34 heavy (non-hydrogen) atoms. The molecule has 3 aromatic rings. The largest absolute Gasteiger partial charge is 0.619 e. The number of pyridine rings is 1. The number of carbonyl (C=O) groups excluding carboxylic acids is 1. The number of rotatable bonds is 6. The summed E-state index contributed by atoms with van der Waals surface area (Å²) in [7, 11) is 0. The Kier molecular flexibility index (Phi) is 6.81. The van der Waals surface area contributed by atoms with E-state index in [0.29, 0.717) is 28.2 Å². The second-order valence-electron chi connectivity index (χ2n) is 8.38. The first-order chi connectivity index (χ1) is 16.1. The van der Waals surface area contributed by atoms with Gasteiger partial charge in [0.1, 0.15) is 5.82 Å². The maximum Gasteiger partial charge on any atom is 0.257 e. The molecule has 1 aromatic carbocycles. The van der Waals surface area contributed by atoms with E-state index in [1.165, 1.54) is 43.0 Å². The Labute approximate surface area is 199 Å². The zero-order valence-electron chi connectivity index (χ0n) is 18.3. The van der Waals surface area contributed by atoms with Crippen LogP contribution in [0.5, 0.6) is 0 Å². The highest BCUT2D eigenvalue weighted by Crippen LogP contribution is 2.40. The molecular weight excluding hydrogens is 471 g/mol. The van der Waals surface area contributed by atoms with E-state index in [0.717, 1.165) is 0 Å². The third kappa shape index (κ3) is 5.34. The van der Waals surface area contributed by atoms with Crippen LogP contribution < -0.4 is 10.0 Å². The number of halogens is 4. The van der Waals surface area contributed by atoms with Crippen LogP contribution >= 0.6 is 11.6 Å². The predicted molar refractivity (Wildman–Crippen MR) is 120 cm³/mol. The monoisotopic (exact) mass is 493 g/mol. The minimum absolute atomic E-state index is 0.0258. The number of imidazole rings is 1. The summed E-state index contributed by atoms with van der Waals surface area (Å²) >= 11 is 6.06. The van der Waals surface area contributed by atoms with Crippen molar-refractivity contribution in [3.8, 4) is 0 Å². The fourth-order valence-electron chi connectivity index (χ4n) is 4.04. The zero-order chi connectivity index (χ0) is 24.5. The Balaban J connectivity index is 1.40. The van der Waals surface area contributed by atoms with E-state index in [9.17, 15) is 23.2 Å². The summed E-state index contributed by atoms with van der Waals surface area (Å²) in [5.74, 6) is -4.57. The Morgan fingerprint density at radius 1 is 1.35 bits per heavy atom. The van der Waals surface area contributed by atoms with Gasteiger partial charge >= 0.3 is 0 Å². The van der Waals surface area contributed by atoms with Crippen molar-refractivity contribution in [2.24, 2.45) is 0 Å². The molecule has 0 aliphatic carbocycles. The summed E-state index contributed by atoms with van der Waals surface area (Å²) in [6.07, 6.45) is 5.11. The van der Waals surface area contributed by atoms with Crippen LogP contribution in [-0.2, 0) is 11.3 Å². The van der Waals surface area contributed by atoms with Gasteiger partial charge in [-0.25, -0.2) is 18.2 Å². The summed E-state index contributed by atoms with van der Waals surface area (Å²) in [6, 6.07) is 6.21. The molecule has 7 nitrogen and oxygen atoms in total. The minimum atomic E-state index is -2.94. The molecule has 2 atom stereocenters. The van der Waals surface area contributed by atoms with E-state index in [1.807, 2.05) is 0 Å². The van der Waals surface area contributed by atoms with Crippen LogP contribution in [0, 0.1) is 11.0 Å². The Hall–Kier alpha value is -3.11. The lowest BCUT2D eigenvalue weighted by molar-refractivity contribution is -0.605. The fourth-order valence-corrected chi connectivity index (χ4v) is 4.27. The van der Waals surface area contributed by atoms with Crippen LogP contribution in [0.25, 0.3) is 0 Å². The maximum absolute atomic E-state index is 14.6. The first-order valence-corrected chi connectivity index (χ1v) is 11.1. The number of anilines is 1. The van der Waals surface area contributed by atoms with E-state index in [-0.39, 0.29) is 24.0 Å². The predicted octanol–water partition coefficient (Wildman–Crippen LogP) is 3.81. The van der Waals surface area contributed by atoms with Crippen LogP contribution in [-0.4, -0.2) is 45.4 Å². The molecule has 0 bridgehead atoms. The van der Waals surface area contributed by atoms with E-state index in [1.54, 1.807) is 28.7 Å². The van der Waals surface area contributed by atoms with E-state index in [4.69, 9.17) is 11.6 Å². The van der Waals surface area contributed by atoms with E-state index < -0.39 is 30.1 Å². The first kappa shape index (κ1) is 24.0. The van der Waals surface area contributed by atoms with Gasteiger partial charge in [0.2, 0.25) is 5.91 Å². The van der Waals surface area contributed by atoms with Crippen LogP contribution in [0.1, 0.15) is 30.4 Å². The number of nitrogens with one attached hydrogen (secondary N) is 1. The van der Waals surface area contributed by atoms with Crippen LogP contribution in [0.3, 0.4) is 0 Å². The van der Waals surface area contributed by atoms with Gasteiger partial charge in [0.05, 0.1) is 24.8 Å². The molecule has 1 saturated heterocycles. The van der Waals surface area contributed by atoms with Crippen molar-refractivity contribution >= 4 is 23.3 Å². The molecule has 1 amide bonds. The number of hydrogen-bond donors (Lipinski definition) is 1. The quantitative estimate of drug-likeness (QED) is 0.418. The van der Waals surface area contributed by atoms with Gasteiger partial charge in [-0.15, -0.1) is 0 Å². The standard InChI is InChI=1S/C23H23ClF3N5O2/c1-15(31-9-6-23(26,27)19(12-31)16-4-7-32(34)8-5-16)22(33)29-21-13-30(14-28-21)11-17-2-3-18(25)10-20(17)24/h2-5,7-8,10,13-15,19H,6,9,11-12H2,1H3,(H,29,33)/t15-,19+/m0/s1. The molecule has 180 valence electrons. The van der Waals surface area contributed by atoms with Crippen molar-refractivity contribution in [2.75, 3.05) is 18.4 Å². The second kappa shape index (κ2) is 9.63. The molecule has 4 rings (SSSR count). The van der Waals surface area contributed by atoms with Gasteiger partial charge in [0, 0.05) is 42.9 Å². The molecule has 0 radical (unpaired) electrons. The van der Waals surface area contributed by atoms with Crippen molar-refractivity contribution in [3.63, 3.8) is 0 Å². The summed E-state index contributed by atoms with van der Waals surface area (Å²) in [4.78, 5) is 18.7. The van der Waals surface area contributed by atoms with Gasteiger partial charge < -0.3 is 15.1 Å². The number of alkyl halides is 2. The molecule has 11 heteroatoms. The third-order valence-corrected chi connectivity index (χ3v) is 6.42. The highest BCUT2D eigenvalue weighted by atomic mass is 35.5. The number of amides is 1. The highest BCUT2D eigenvalue weighted by molar-refractivity contribution is 6.31. The van der Waals surface area contributed by atoms with Gasteiger partial charge in [-0.3, -0.25) is 9.69 Å². The number of piperidine rings is 1. The van der Waals surface area contributed by atoms with Crippen molar-refractivity contribution in [2.45, 2.75) is 37.8 Å². The van der Waals surface area contributed by atoms with Crippen LogP contribution in [0.4, 0.5) is 19.0 Å². The fraction of sp³-hybridized carbons (Fsp3) is 0.348. The topological polar surface area (TPSA) is 77.1 Å². The van der Waals surface area contributed by atoms with E-state index in [2.05, 4.69) is 10.3 Å². The smallest absolute Gasteiger partial charge is 0.257 e. The van der Waals surface area contributed by atoms with Gasteiger partial charge in [0.25, 0.3) is 5.92 Å². The van der Waals surface area contributed by atoms with Crippen molar-refractivity contribution in [1.29, 1.82) is 0 Å². The summed E-state index contributed by atoms with van der Waals surface area (Å²) in [5, 5.41) is 14.3. The number of benzene rings is 1. The first-order valence-electron chi connectivity index (χ1n) is 10.7. The van der Waals surface area contributed by atoms with Crippen molar-refractivity contribution < 1.29 is 22.7 Å². The molecule has 1 aliphatic heterocycles. The minimum Gasteiger partial charge on any atom is -0.619 e. The lowest BCUT2D eigenvalue weighted by Crippen LogP contribution is -2.52. The number of hydrogen-bond acceptors (Lipinski definition) is 4. The van der Waals surface area contributed by atoms with Gasteiger partial charge in [-0.1, -0.05) is 17.7 Å². The zero-order valence-corrected chi connectivity index (χ0v) is 19.1. The Morgan fingerprint density at radius 2 is 2.09 bits per heavy atom. The average Bonchev–Trinajstić information content (AvgIpc) is 3.22. The lowest BCUT2D eigenvalue weighted by atomic mass is 9.87. The normalized spacial score (nSPS) is 19.0. The number of aromatic nitrogens is 3. The summed E-state index contributed by atoms with van der Waals surface area (Å²) in [5.41, 5.74) is 1.04. The number of likely N-dealkylation sites (tertiary alicyclic amines) is 1. The molecule has 1 N–H and O–H groups in total. The lowest BCUT2D eigenvalue weighted by Gasteiger charge is -2.40. The van der Waals surface area contributed by atoms with Crippen LogP contribution in [0.15, 0.2) is 55.2 Å². The molecule has 1 aliphatic rings. The maximum atomic E-state index is 14.6. The van der Waals surface area contributed by atoms with Gasteiger partial charge in [-0.2, -0.15) is 4.73 Å². The molecule has 0 saturated carbocycles. The summed E-state index contributed by atoms with van der Waals surface area (Å²) in [6.45, 7) is 2.02. The Bertz CT molecular complexity index is 1170. The second-order valence-corrected chi connectivity index (χ2v) is 8.79. The van der Waals surface area contributed by atoms with E-state index >= 15 is 0 Å². The molecule has 0 unspecified atom stereocenters. The number of carbonyl (C=O) groups is 1. The molecule has 2 aromatic heterocycles. The van der Waals surface area contributed by atoms with Crippen molar-refractivity contribution in [1.82, 2.24) is 14.5 Å². The molecular formula is C23H23ClF3N5O2. The summed E-state index contributed by atoms with van der Waals surface area (Å²) < 4.78 is 44.7. The molecule has 0 spiro atoms. The Morgan fingerprint density at radius 3 is 2.79 bits per heavy atom. The molecule has 3 heterocycles.